The number of nitrogens with zero attached hydrogens (tertiary/aromatic N) is 4. The molecule has 0 aliphatic carbocycles. The Kier molecular flexibility index (Phi) is 5.84. The van der Waals surface area contributed by atoms with Crippen LogP contribution in [0.25, 0.3) is 0 Å². The van der Waals surface area contributed by atoms with Gasteiger partial charge >= 0.3 is 0 Å². The molecule has 2 aromatic carbocycles. The van der Waals surface area contributed by atoms with Gasteiger partial charge in [0.15, 0.2) is 0 Å². The fourth-order valence-corrected chi connectivity index (χ4v) is 4.28. The largest absolute Gasteiger partial charge is 0.347 e. The Morgan fingerprint density at radius 2 is 2.00 bits per heavy atom. The van der Waals surface area contributed by atoms with Gasteiger partial charge in [-0.15, -0.1) is 0 Å². The Morgan fingerprint density at radius 3 is 2.63 bits per heavy atom. The predicted molar refractivity (Wildman–Crippen MR) is 116 cm³/mol. The van der Waals surface area contributed by atoms with Crippen molar-refractivity contribution >= 4 is 23.2 Å². The van der Waals surface area contributed by atoms with Crippen LogP contribution in [0.1, 0.15) is 35.7 Å². The van der Waals surface area contributed by atoms with E-state index in [1.807, 2.05) is 48.7 Å². The van der Waals surface area contributed by atoms with E-state index >= 15 is 0 Å². The van der Waals surface area contributed by atoms with Gasteiger partial charge in [-0.05, 0) is 35.9 Å². The highest BCUT2D eigenvalue weighted by Crippen LogP contribution is 2.36. The van der Waals surface area contributed by atoms with Crippen LogP contribution >= 0.6 is 11.6 Å². The summed E-state index contributed by atoms with van der Waals surface area (Å²) in [6, 6.07) is 17.1. The number of rotatable bonds is 5. The zero-order valence-corrected chi connectivity index (χ0v) is 17.4. The van der Waals surface area contributed by atoms with Crippen LogP contribution in [-0.4, -0.2) is 40.4 Å². The highest BCUT2D eigenvalue weighted by atomic mass is 35.5. The van der Waals surface area contributed by atoms with Gasteiger partial charge < -0.3 is 9.88 Å². The summed E-state index contributed by atoms with van der Waals surface area (Å²) in [7, 11) is 0. The summed E-state index contributed by atoms with van der Waals surface area (Å²) in [4.78, 5) is 24.4. The second-order valence-corrected chi connectivity index (χ2v) is 7.91. The molecule has 1 aromatic heterocycles. The second kappa shape index (κ2) is 8.70. The molecule has 1 aliphatic rings. The lowest BCUT2D eigenvalue weighted by Gasteiger charge is -2.40. The van der Waals surface area contributed by atoms with Crippen LogP contribution in [-0.2, 0) is 4.79 Å². The molecule has 1 saturated heterocycles. The number of carbonyl (C=O) groups excluding carboxylic acids is 1. The van der Waals surface area contributed by atoms with E-state index in [9.17, 15) is 4.79 Å². The normalized spacial score (nSPS) is 16.8. The molecule has 0 bridgehead atoms. The number of piperazine rings is 1. The van der Waals surface area contributed by atoms with Gasteiger partial charge in [0.05, 0.1) is 36.2 Å². The van der Waals surface area contributed by atoms with Crippen molar-refractivity contribution in [2.24, 2.45) is 0 Å². The van der Waals surface area contributed by atoms with Crippen molar-refractivity contribution in [1.29, 1.82) is 5.26 Å². The van der Waals surface area contributed by atoms with E-state index in [2.05, 4.69) is 27.9 Å². The molecule has 1 amide bonds. The average molecular weight is 420 g/mol. The predicted octanol–water partition coefficient (Wildman–Crippen LogP) is 4.13. The molecule has 6 nitrogen and oxygen atoms in total. The third-order valence-corrected chi connectivity index (χ3v) is 5.88. The fourth-order valence-electron chi connectivity index (χ4n) is 4.10. The van der Waals surface area contributed by atoms with Crippen molar-refractivity contribution < 1.29 is 4.79 Å². The lowest BCUT2D eigenvalue weighted by molar-refractivity contribution is -0.122. The van der Waals surface area contributed by atoms with Crippen molar-refractivity contribution in [3.8, 4) is 6.07 Å². The van der Waals surface area contributed by atoms with Crippen molar-refractivity contribution in [2.45, 2.75) is 18.9 Å². The van der Waals surface area contributed by atoms with Crippen LogP contribution in [0.3, 0.4) is 0 Å². The molecule has 4 rings (SSSR count). The van der Waals surface area contributed by atoms with Gasteiger partial charge in [-0.25, -0.2) is 4.98 Å². The maximum Gasteiger partial charge on any atom is 0.241 e. The molecule has 1 aliphatic heterocycles. The molecule has 152 valence electrons. The van der Waals surface area contributed by atoms with Gasteiger partial charge in [-0.1, -0.05) is 36.7 Å². The van der Waals surface area contributed by atoms with Crippen LogP contribution < -0.4 is 4.90 Å². The van der Waals surface area contributed by atoms with E-state index in [4.69, 9.17) is 16.9 Å². The van der Waals surface area contributed by atoms with Crippen LogP contribution in [0.15, 0.2) is 61.1 Å². The van der Waals surface area contributed by atoms with E-state index in [-0.39, 0.29) is 17.9 Å². The van der Waals surface area contributed by atoms with Crippen molar-refractivity contribution in [3.05, 3.63) is 82.9 Å². The first-order chi connectivity index (χ1) is 14.6. The highest BCUT2D eigenvalue weighted by Gasteiger charge is 2.34. The Labute approximate surface area is 180 Å². The molecule has 2 atom stereocenters. The van der Waals surface area contributed by atoms with Crippen molar-refractivity contribution in [1.82, 2.24) is 14.9 Å². The minimum absolute atomic E-state index is 0.0362. The Hall–Kier alpha value is -3.14. The number of amides is 1. The number of aromatic amines is 1. The summed E-state index contributed by atoms with van der Waals surface area (Å²) in [6.45, 7) is 3.75. The molecule has 0 saturated carbocycles. The SMILES string of the molecule is CC(c1ccc(C#N)cc1)C(c1cnc[nH]1)N1CCN(c2cccc(Cl)c2)C(=O)C1. The number of nitriles is 1. The fraction of sp³-hybridized carbons (Fsp3) is 0.261. The van der Waals surface area contributed by atoms with Crippen molar-refractivity contribution in [3.63, 3.8) is 0 Å². The number of imidazole rings is 1. The first kappa shape index (κ1) is 20.1. The summed E-state index contributed by atoms with van der Waals surface area (Å²) in [5, 5.41) is 9.69. The zero-order valence-electron chi connectivity index (χ0n) is 16.6. The maximum absolute atomic E-state index is 13.0. The zero-order chi connectivity index (χ0) is 21.1. The number of halogens is 1. The van der Waals surface area contributed by atoms with Crippen LogP contribution in [0, 0.1) is 11.3 Å². The standard InChI is InChI=1S/C23H22ClN5O/c1-16(18-7-5-17(12-25)6-8-18)23(21-13-26-15-27-21)28-9-10-29(22(30)14-28)20-4-2-3-19(24)11-20/h2-8,11,13,15-16,23H,9-10,14H2,1H3,(H,26,27). The molecule has 0 spiro atoms. The number of nitrogens with one attached hydrogen (secondary N) is 1. The number of aromatic nitrogens is 2. The first-order valence-corrected chi connectivity index (χ1v) is 10.2. The molecule has 1 N–H and O–H groups in total. The molecule has 3 aromatic rings. The van der Waals surface area contributed by atoms with Gasteiger partial charge in [0.25, 0.3) is 0 Å². The van der Waals surface area contributed by atoms with Gasteiger partial charge in [0, 0.05) is 35.9 Å². The van der Waals surface area contributed by atoms with E-state index < -0.39 is 0 Å². The van der Waals surface area contributed by atoms with Gasteiger partial charge in [0.1, 0.15) is 0 Å². The molecule has 2 heterocycles. The second-order valence-electron chi connectivity index (χ2n) is 7.47. The molecular weight excluding hydrogens is 398 g/mol. The lowest BCUT2D eigenvalue weighted by atomic mass is 9.89. The third-order valence-electron chi connectivity index (χ3n) is 5.64. The number of hydrogen-bond donors (Lipinski definition) is 1. The van der Waals surface area contributed by atoms with Crippen LogP contribution in [0.5, 0.6) is 0 Å². The van der Waals surface area contributed by atoms with Crippen LogP contribution in [0.4, 0.5) is 5.69 Å². The number of carbonyl (C=O) groups is 1. The summed E-state index contributed by atoms with van der Waals surface area (Å²) in [5.41, 5.74) is 3.54. The van der Waals surface area contributed by atoms with E-state index in [0.717, 1.165) is 23.5 Å². The number of H-pyrrole nitrogens is 1. The number of hydrogen-bond acceptors (Lipinski definition) is 4. The molecular formula is C23H22ClN5O. The quantitative estimate of drug-likeness (QED) is 0.674. The topological polar surface area (TPSA) is 76.0 Å². The molecule has 7 heteroatoms. The minimum Gasteiger partial charge on any atom is -0.347 e. The molecule has 30 heavy (non-hydrogen) atoms. The molecule has 0 radical (unpaired) electrons. The average Bonchev–Trinajstić information content (AvgIpc) is 3.28. The Balaban J connectivity index is 1.58. The summed E-state index contributed by atoms with van der Waals surface area (Å²) < 4.78 is 0. The van der Waals surface area contributed by atoms with E-state index in [0.29, 0.717) is 23.7 Å². The number of benzene rings is 2. The van der Waals surface area contributed by atoms with Gasteiger partial charge in [-0.2, -0.15) is 5.26 Å². The monoisotopic (exact) mass is 419 g/mol. The Bertz CT molecular complexity index is 1060. The summed E-state index contributed by atoms with van der Waals surface area (Å²) >= 11 is 6.11. The molecule has 1 fully saturated rings. The van der Waals surface area contributed by atoms with E-state index in [1.54, 1.807) is 17.3 Å². The summed E-state index contributed by atoms with van der Waals surface area (Å²) in [5.74, 6) is 0.142. The minimum atomic E-state index is -0.0362. The number of anilines is 1. The molecule has 2 unspecified atom stereocenters. The van der Waals surface area contributed by atoms with E-state index in [1.165, 1.54) is 0 Å². The van der Waals surface area contributed by atoms with Crippen LogP contribution in [0.2, 0.25) is 5.02 Å². The van der Waals surface area contributed by atoms with Gasteiger partial charge in [0.2, 0.25) is 5.91 Å². The summed E-state index contributed by atoms with van der Waals surface area (Å²) in [6.07, 6.45) is 3.48. The lowest BCUT2D eigenvalue weighted by Crippen LogP contribution is -2.52. The highest BCUT2D eigenvalue weighted by molar-refractivity contribution is 6.30. The maximum atomic E-state index is 13.0. The van der Waals surface area contributed by atoms with Crippen molar-refractivity contribution in [2.75, 3.05) is 24.5 Å². The first-order valence-electron chi connectivity index (χ1n) is 9.85. The third kappa shape index (κ3) is 4.09. The smallest absolute Gasteiger partial charge is 0.241 e. The van der Waals surface area contributed by atoms with Gasteiger partial charge in [-0.3, -0.25) is 9.69 Å². The Morgan fingerprint density at radius 1 is 1.20 bits per heavy atom.